The van der Waals surface area contributed by atoms with Gasteiger partial charge in [-0.15, -0.1) is 11.3 Å². The zero-order valence-electron chi connectivity index (χ0n) is 11.4. The molecule has 0 aliphatic rings. The van der Waals surface area contributed by atoms with Crippen LogP contribution in [-0.2, 0) is 10.0 Å². The quantitative estimate of drug-likeness (QED) is 0.827. The Bertz CT molecular complexity index is 762. The minimum Gasteiger partial charge on any atom is -0.398 e. The first kappa shape index (κ1) is 15.5. The molecule has 0 amide bonds. The predicted molar refractivity (Wildman–Crippen MR) is 83.2 cm³/mol. The fraction of sp³-hybridized carbons (Fsp3) is 0.214. The SMILES string of the molecule is CCC(NS(=O)(=O)c1ccc(C#N)cc1N)c1cccs1. The van der Waals surface area contributed by atoms with Crippen molar-refractivity contribution in [3.8, 4) is 6.07 Å². The van der Waals surface area contributed by atoms with Crippen molar-refractivity contribution in [3.05, 3.63) is 46.2 Å². The van der Waals surface area contributed by atoms with Crippen molar-refractivity contribution in [2.24, 2.45) is 0 Å². The summed E-state index contributed by atoms with van der Waals surface area (Å²) in [4.78, 5) is 0.949. The summed E-state index contributed by atoms with van der Waals surface area (Å²) >= 11 is 1.50. The van der Waals surface area contributed by atoms with E-state index in [-0.39, 0.29) is 16.6 Å². The summed E-state index contributed by atoms with van der Waals surface area (Å²) < 4.78 is 27.6. The van der Waals surface area contributed by atoms with Crippen LogP contribution in [0.4, 0.5) is 5.69 Å². The topological polar surface area (TPSA) is 96.0 Å². The van der Waals surface area contributed by atoms with E-state index in [1.165, 1.54) is 29.5 Å². The van der Waals surface area contributed by atoms with Gasteiger partial charge in [-0.1, -0.05) is 13.0 Å². The Kier molecular flexibility index (Phi) is 4.63. The molecule has 110 valence electrons. The van der Waals surface area contributed by atoms with Crippen molar-refractivity contribution in [3.63, 3.8) is 0 Å². The molecule has 0 saturated heterocycles. The van der Waals surface area contributed by atoms with Gasteiger partial charge in [0.1, 0.15) is 4.90 Å². The van der Waals surface area contributed by atoms with Gasteiger partial charge in [-0.3, -0.25) is 0 Å². The number of nitrogens with zero attached hydrogens (tertiary/aromatic N) is 1. The lowest BCUT2D eigenvalue weighted by molar-refractivity contribution is 0.553. The second kappa shape index (κ2) is 6.26. The van der Waals surface area contributed by atoms with Gasteiger partial charge in [0.15, 0.2) is 0 Å². The van der Waals surface area contributed by atoms with Crippen LogP contribution in [-0.4, -0.2) is 8.42 Å². The number of nitrogens with one attached hydrogen (secondary N) is 1. The Labute approximate surface area is 128 Å². The lowest BCUT2D eigenvalue weighted by Crippen LogP contribution is -2.28. The summed E-state index contributed by atoms with van der Waals surface area (Å²) in [5, 5.41) is 10.7. The second-order valence-corrected chi connectivity index (χ2v) is 7.12. The van der Waals surface area contributed by atoms with E-state index in [2.05, 4.69) is 4.72 Å². The maximum absolute atomic E-state index is 12.4. The molecule has 1 heterocycles. The number of sulfonamides is 1. The maximum Gasteiger partial charge on any atom is 0.243 e. The average molecular weight is 321 g/mol. The second-order valence-electron chi connectivity index (χ2n) is 4.46. The van der Waals surface area contributed by atoms with E-state index in [0.717, 1.165) is 4.88 Å². The number of thiophene rings is 1. The highest BCUT2D eigenvalue weighted by Gasteiger charge is 2.23. The van der Waals surface area contributed by atoms with Gasteiger partial charge in [0.25, 0.3) is 0 Å². The van der Waals surface area contributed by atoms with Crippen LogP contribution in [0, 0.1) is 11.3 Å². The fourth-order valence-corrected chi connectivity index (χ4v) is 4.29. The number of nitriles is 1. The van der Waals surface area contributed by atoms with Crippen LogP contribution in [0.1, 0.15) is 29.8 Å². The van der Waals surface area contributed by atoms with Gasteiger partial charge < -0.3 is 5.73 Å². The van der Waals surface area contributed by atoms with Crippen LogP contribution in [0.2, 0.25) is 0 Å². The Balaban J connectivity index is 2.32. The van der Waals surface area contributed by atoms with Crippen LogP contribution < -0.4 is 10.5 Å². The molecule has 1 aromatic carbocycles. The first-order valence-electron chi connectivity index (χ1n) is 6.33. The van der Waals surface area contributed by atoms with Crippen LogP contribution in [0.25, 0.3) is 0 Å². The third-order valence-corrected chi connectivity index (χ3v) is 5.55. The van der Waals surface area contributed by atoms with Crippen molar-refractivity contribution >= 4 is 27.0 Å². The fourth-order valence-electron chi connectivity index (χ4n) is 1.95. The highest BCUT2D eigenvalue weighted by molar-refractivity contribution is 7.89. The molecule has 7 heteroatoms. The number of nitrogen functional groups attached to an aromatic ring is 1. The third-order valence-electron chi connectivity index (χ3n) is 3.02. The van der Waals surface area contributed by atoms with Gasteiger partial charge in [-0.25, -0.2) is 13.1 Å². The number of hydrogen-bond acceptors (Lipinski definition) is 5. The molecule has 0 saturated carbocycles. The van der Waals surface area contributed by atoms with Gasteiger partial charge in [-0.05, 0) is 36.1 Å². The first-order chi connectivity index (χ1) is 9.97. The van der Waals surface area contributed by atoms with E-state index < -0.39 is 10.0 Å². The zero-order valence-corrected chi connectivity index (χ0v) is 13.0. The van der Waals surface area contributed by atoms with Gasteiger partial charge >= 0.3 is 0 Å². The van der Waals surface area contributed by atoms with Crippen LogP contribution in [0.5, 0.6) is 0 Å². The predicted octanol–water partition coefficient (Wildman–Crippen LogP) is 2.63. The molecule has 0 spiro atoms. The number of anilines is 1. The first-order valence-corrected chi connectivity index (χ1v) is 8.69. The van der Waals surface area contributed by atoms with Crippen molar-refractivity contribution in [2.45, 2.75) is 24.3 Å². The molecule has 3 N–H and O–H groups in total. The van der Waals surface area contributed by atoms with E-state index in [1.54, 1.807) is 0 Å². The van der Waals surface area contributed by atoms with Gasteiger partial charge in [-0.2, -0.15) is 5.26 Å². The molecule has 2 aromatic rings. The van der Waals surface area contributed by atoms with Gasteiger partial charge in [0.2, 0.25) is 10.0 Å². The molecule has 0 aliphatic heterocycles. The van der Waals surface area contributed by atoms with Crippen LogP contribution in [0.3, 0.4) is 0 Å². The summed E-state index contributed by atoms with van der Waals surface area (Å²) in [5.41, 5.74) is 6.15. The molecule has 0 aliphatic carbocycles. The normalized spacial score (nSPS) is 12.8. The minimum atomic E-state index is -3.73. The van der Waals surface area contributed by atoms with E-state index in [9.17, 15) is 8.42 Å². The Morgan fingerprint density at radius 2 is 2.19 bits per heavy atom. The Hall–Kier alpha value is -1.88. The van der Waals surface area contributed by atoms with Crippen LogP contribution in [0.15, 0.2) is 40.6 Å². The molecule has 1 unspecified atom stereocenters. The van der Waals surface area contributed by atoms with E-state index in [0.29, 0.717) is 12.0 Å². The maximum atomic E-state index is 12.4. The molecular formula is C14H15N3O2S2. The number of rotatable bonds is 5. The minimum absolute atomic E-state index is 0.00324. The lowest BCUT2D eigenvalue weighted by Gasteiger charge is -2.16. The summed E-state index contributed by atoms with van der Waals surface area (Å²) in [6.07, 6.45) is 0.635. The molecular weight excluding hydrogens is 306 g/mol. The Morgan fingerprint density at radius 1 is 1.43 bits per heavy atom. The van der Waals surface area contributed by atoms with Crippen molar-refractivity contribution in [2.75, 3.05) is 5.73 Å². The molecule has 0 bridgehead atoms. The summed E-state index contributed by atoms with van der Waals surface area (Å²) in [6.45, 7) is 1.91. The van der Waals surface area contributed by atoms with E-state index in [4.69, 9.17) is 11.0 Å². The smallest absolute Gasteiger partial charge is 0.243 e. The number of nitrogens with two attached hydrogens (primary N) is 1. The van der Waals surface area contributed by atoms with Gasteiger partial charge in [0, 0.05) is 4.88 Å². The number of benzene rings is 1. The standard InChI is InChI=1S/C14H15N3O2S2/c1-2-12(13-4-3-7-20-13)17-21(18,19)14-6-5-10(9-15)8-11(14)16/h3-8,12,17H,2,16H2,1H3. The molecule has 5 nitrogen and oxygen atoms in total. The summed E-state index contributed by atoms with van der Waals surface area (Å²) in [6, 6.07) is 9.58. The highest BCUT2D eigenvalue weighted by Crippen LogP contribution is 2.26. The van der Waals surface area contributed by atoms with Crippen LogP contribution >= 0.6 is 11.3 Å². The molecule has 1 atom stereocenters. The monoisotopic (exact) mass is 321 g/mol. The average Bonchev–Trinajstić information content (AvgIpc) is 2.98. The molecule has 0 radical (unpaired) electrons. The van der Waals surface area contributed by atoms with Crippen molar-refractivity contribution < 1.29 is 8.42 Å². The highest BCUT2D eigenvalue weighted by atomic mass is 32.2. The summed E-state index contributed by atoms with van der Waals surface area (Å²) in [5.74, 6) is 0. The van der Waals surface area contributed by atoms with E-state index >= 15 is 0 Å². The number of hydrogen-bond donors (Lipinski definition) is 2. The van der Waals surface area contributed by atoms with E-state index in [1.807, 2.05) is 30.5 Å². The zero-order chi connectivity index (χ0) is 15.5. The lowest BCUT2D eigenvalue weighted by atomic mass is 10.2. The molecule has 21 heavy (non-hydrogen) atoms. The van der Waals surface area contributed by atoms with Gasteiger partial charge in [0.05, 0.1) is 23.4 Å². The third kappa shape index (κ3) is 3.42. The molecule has 2 rings (SSSR count). The largest absolute Gasteiger partial charge is 0.398 e. The Morgan fingerprint density at radius 3 is 2.71 bits per heavy atom. The van der Waals surface area contributed by atoms with Crippen molar-refractivity contribution in [1.29, 1.82) is 5.26 Å². The molecule has 0 fully saturated rings. The van der Waals surface area contributed by atoms with Crippen molar-refractivity contribution in [1.82, 2.24) is 4.72 Å². The summed E-state index contributed by atoms with van der Waals surface area (Å²) in [7, 11) is -3.73. The molecule has 1 aromatic heterocycles.